The molecule has 4 bridgehead atoms. The Labute approximate surface area is 134 Å². The highest BCUT2D eigenvalue weighted by atomic mass is 16.4. The van der Waals surface area contributed by atoms with E-state index in [4.69, 9.17) is 5.11 Å². The second-order valence-corrected chi connectivity index (χ2v) is 7.69. The maximum Gasteiger partial charge on any atom is 0.339 e. The molecule has 1 aromatic rings. The highest BCUT2D eigenvalue weighted by molar-refractivity contribution is 5.97. The van der Waals surface area contributed by atoms with Gasteiger partial charge in [-0.05, 0) is 68.4 Å². The molecule has 1 aromatic carbocycles. The number of carbonyl (C=O) groups excluding carboxylic acids is 1. The predicted molar refractivity (Wildman–Crippen MR) is 84.3 cm³/mol. The van der Waals surface area contributed by atoms with Gasteiger partial charge < -0.3 is 15.5 Å². The minimum absolute atomic E-state index is 0.0408. The molecule has 0 radical (unpaired) electrons. The van der Waals surface area contributed by atoms with Crippen LogP contribution in [0.3, 0.4) is 0 Å². The van der Waals surface area contributed by atoms with Gasteiger partial charge in [0.05, 0.1) is 5.41 Å². The Morgan fingerprint density at radius 1 is 1.04 bits per heavy atom. The van der Waals surface area contributed by atoms with E-state index in [0.717, 1.165) is 19.3 Å². The largest absolute Gasteiger partial charge is 0.507 e. The summed E-state index contributed by atoms with van der Waals surface area (Å²) in [5.41, 5.74) is 0.0570. The van der Waals surface area contributed by atoms with Gasteiger partial charge in [0.15, 0.2) is 0 Å². The third-order valence-electron chi connectivity index (χ3n) is 6.01. The molecular formula is C18H21NO4. The van der Waals surface area contributed by atoms with Gasteiger partial charge in [0, 0.05) is 11.8 Å². The van der Waals surface area contributed by atoms with Gasteiger partial charge in [-0.1, -0.05) is 0 Å². The van der Waals surface area contributed by atoms with Crippen molar-refractivity contribution in [1.29, 1.82) is 0 Å². The summed E-state index contributed by atoms with van der Waals surface area (Å²) in [6.07, 6.45) is 6.76. The number of carboxylic acid groups (broad SMARTS) is 1. The van der Waals surface area contributed by atoms with Crippen LogP contribution < -0.4 is 5.32 Å². The molecule has 1 amide bonds. The van der Waals surface area contributed by atoms with Crippen molar-refractivity contribution in [2.75, 3.05) is 5.32 Å². The van der Waals surface area contributed by atoms with Crippen molar-refractivity contribution < 1.29 is 19.8 Å². The van der Waals surface area contributed by atoms with Crippen LogP contribution in [0.5, 0.6) is 5.75 Å². The van der Waals surface area contributed by atoms with Crippen molar-refractivity contribution in [3.8, 4) is 5.75 Å². The Hall–Kier alpha value is -2.04. The molecule has 0 aliphatic heterocycles. The maximum absolute atomic E-state index is 12.9. The van der Waals surface area contributed by atoms with Gasteiger partial charge in [-0.3, -0.25) is 4.79 Å². The van der Waals surface area contributed by atoms with Crippen LogP contribution >= 0.6 is 0 Å². The minimum Gasteiger partial charge on any atom is -0.507 e. The van der Waals surface area contributed by atoms with Crippen LogP contribution in [0, 0.1) is 23.2 Å². The van der Waals surface area contributed by atoms with E-state index in [1.807, 2.05) is 0 Å². The Morgan fingerprint density at radius 2 is 1.61 bits per heavy atom. The molecule has 122 valence electrons. The predicted octanol–water partition coefficient (Wildman–Crippen LogP) is 3.25. The molecular weight excluding hydrogens is 294 g/mol. The quantitative estimate of drug-likeness (QED) is 0.799. The molecule has 0 spiro atoms. The van der Waals surface area contributed by atoms with Crippen molar-refractivity contribution in [1.82, 2.24) is 0 Å². The van der Waals surface area contributed by atoms with Gasteiger partial charge in [0.25, 0.3) is 0 Å². The van der Waals surface area contributed by atoms with Crippen molar-refractivity contribution in [2.45, 2.75) is 38.5 Å². The van der Waals surface area contributed by atoms with Gasteiger partial charge in [0.2, 0.25) is 5.91 Å². The highest BCUT2D eigenvalue weighted by Gasteiger charge is 2.54. The average molecular weight is 315 g/mol. The van der Waals surface area contributed by atoms with Crippen LogP contribution in [0.1, 0.15) is 48.9 Å². The molecule has 3 N–H and O–H groups in total. The van der Waals surface area contributed by atoms with Crippen LogP contribution in [-0.2, 0) is 4.79 Å². The molecule has 5 heteroatoms. The maximum atomic E-state index is 12.9. The number of hydrogen-bond donors (Lipinski definition) is 3. The normalized spacial score (nSPS) is 34.3. The number of carbonyl (C=O) groups is 2. The fraction of sp³-hybridized carbons (Fsp3) is 0.556. The first-order valence-electron chi connectivity index (χ1n) is 8.33. The Balaban J connectivity index is 1.54. The van der Waals surface area contributed by atoms with E-state index in [2.05, 4.69) is 5.32 Å². The van der Waals surface area contributed by atoms with Crippen molar-refractivity contribution in [3.05, 3.63) is 23.8 Å². The van der Waals surface area contributed by atoms with E-state index < -0.39 is 5.97 Å². The average Bonchev–Trinajstić information content (AvgIpc) is 2.45. The minimum atomic E-state index is -1.18. The summed E-state index contributed by atoms with van der Waals surface area (Å²) in [4.78, 5) is 23.8. The van der Waals surface area contributed by atoms with E-state index in [9.17, 15) is 14.7 Å². The standard InChI is InChI=1S/C18H21NO4/c20-15-6-13(1-2-14(15)16(21)22)19-17(23)18-7-10-3-11(8-18)5-12(4-10)9-18/h1-2,6,10-12,20H,3-5,7-9H2,(H,19,23)(H,21,22). The van der Waals surface area contributed by atoms with Crippen molar-refractivity contribution in [2.24, 2.45) is 23.2 Å². The van der Waals surface area contributed by atoms with Gasteiger partial charge in [-0.25, -0.2) is 4.79 Å². The molecule has 0 heterocycles. The lowest BCUT2D eigenvalue weighted by atomic mass is 9.49. The van der Waals surface area contributed by atoms with E-state index in [-0.39, 0.29) is 22.6 Å². The van der Waals surface area contributed by atoms with Crippen molar-refractivity contribution in [3.63, 3.8) is 0 Å². The number of nitrogens with one attached hydrogen (secondary N) is 1. The van der Waals surface area contributed by atoms with Crippen LogP contribution in [0.15, 0.2) is 18.2 Å². The molecule has 5 rings (SSSR count). The van der Waals surface area contributed by atoms with Crippen LogP contribution in [-0.4, -0.2) is 22.1 Å². The first-order chi connectivity index (χ1) is 10.9. The first-order valence-corrected chi connectivity index (χ1v) is 8.33. The number of hydrogen-bond acceptors (Lipinski definition) is 3. The number of amides is 1. The number of carboxylic acids is 1. The number of aromatic hydroxyl groups is 1. The lowest BCUT2D eigenvalue weighted by Crippen LogP contribution is -2.51. The molecule has 4 saturated carbocycles. The molecule has 5 nitrogen and oxygen atoms in total. The monoisotopic (exact) mass is 315 g/mol. The highest BCUT2D eigenvalue weighted by Crippen LogP contribution is 2.60. The Morgan fingerprint density at radius 3 is 2.09 bits per heavy atom. The number of phenols is 1. The van der Waals surface area contributed by atoms with Gasteiger partial charge in [-0.15, -0.1) is 0 Å². The topological polar surface area (TPSA) is 86.6 Å². The lowest BCUT2D eigenvalue weighted by Gasteiger charge is -2.55. The number of anilines is 1. The molecule has 4 aliphatic carbocycles. The summed E-state index contributed by atoms with van der Waals surface area (Å²) in [6, 6.07) is 4.19. The van der Waals surface area contributed by atoms with Crippen LogP contribution in [0.4, 0.5) is 5.69 Å². The second kappa shape index (κ2) is 4.98. The molecule has 0 unspecified atom stereocenters. The lowest BCUT2D eigenvalue weighted by molar-refractivity contribution is -0.140. The molecule has 0 saturated heterocycles. The Kier molecular flexibility index (Phi) is 3.15. The second-order valence-electron chi connectivity index (χ2n) is 7.69. The SMILES string of the molecule is O=C(O)c1ccc(NC(=O)C23CC4CC(CC(C4)C2)C3)cc1O. The molecule has 23 heavy (non-hydrogen) atoms. The third kappa shape index (κ3) is 2.38. The van der Waals surface area contributed by atoms with E-state index in [1.165, 1.54) is 31.4 Å². The Bertz CT molecular complexity index is 646. The van der Waals surface area contributed by atoms with Crippen molar-refractivity contribution >= 4 is 17.6 Å². The first kappa shape index (κ1) is 14.5. The summed E-state index contributed by atoms with van der Waals surface area (Å²) in [5, 5.41) is 21.6. The zero-order valence-electron chi connectivity index (χ0n) is 12.9. The molecule has 0 atom stereocenters. The summed E-state index contributed by atoms with van der Waals surface area (Å²) >= 11 is 0. The smallest absolute Gasteiger partial charge is 0.339 e. The number of aromatic carboxylic acids is 1. The summed E-state index contributed by atoms with van der Waals surface area (Å²) < 4.78 is 0. The fourth-order valence-electron chi connectivity index (χ4n) is 5.44. The van der Waals surface area contributed by atoms with Gasteiger partial charge >= 0.3 is 5.97 Å². The van der Waals surface area contributed by atoms with E-state index >= 15 is 0 Å². The van der Waals surface area contributed by atoms with Crippen LogP contribution in [0.2, 0.25) is 0 Å². The number of rotatable bonds is 3. The van der Waals surface area contributed by atoms with E-state index in [1.54, 1.807) is 6.07 Å². The number of benzene rings is 1. The summed E-state index contributed by atoms with van der Waals surface area (Å²) in [7, 11) is 0. The molecule has 4 aliphatic rings. The summed E-state index contributed by atoms with van der Waals surface area (Å²) in [5.74, 6) is 0.612. The molecule has 4 fully saturated rings. The molecule has 0 aromatic heterocycles. The fourth-order valence-corrected chi connectivity index (χ4v) is 5.44. The van der Waals surface area contributed by atoms with Crippen LogP contribution in [0.25, 0.3) is 0 Å². The summed E-state index contributed by atoms with van der Waals surface area (Å²) in [6.45, 7) is 0. The third-order valence-corrected chi connectivity index (χ3v) is 6.01. The van der Waals surface area contributed by atoms with Gasteiger partial charge in [-0.2, -0.15) is 0 Å². The van der Waals surface area contributed by atoms with E-state index in [0.29, 0.717) is 23.4 Å². The van der Waals surface area contributed by atoms with Gasteiger partial charge in [0.1, 0.15) is 11.3 Å². The zero-order valence-corrected chi connectivity index (χ0v) is 12.9. The zero-order chi connectivity index (χ0) is 16.2.